The fourth-order valence-electron chi connectivity index (χ4n) is 3.49. The lowest BCUT2D eigenvalue weighted by atomic mass is 10.2. The molecule has 1 heterocycles. The molecule has 1 amide bonds. The average Bonchev–Trinajstić information content (AvgIpc) is 3.38. The van der Waals surface area contributed by atoms with Crippen LogP contribution in [-0.2, 0) is 14.6 Å². The van der Waals surface area contributed by atoms with E-state index >= 15 is 0 Å². The zero-order valence-electron chi connectivity index (χ0n) is 15.3. The van der Waals surface area contributed by atoms with E-state index in [4.69, 9.17) is 9.47 Å². The topological polar surface area (TPSA) is 81.7 Å². The van der Waals surface area contributed by atoms with E-state index in [-0.39, 0.29) is 18.0 Å². The number of hydrogen-bond donors (Lipinski definition) is 1. The van der Waals surface area contributed by atoms with Gasteiger partial charge in [-0.25, -0.2) is 8.42 Å². The standard InChI is InChI=1S/C21H21NO5S/c23-21(12-6-15-5-11-19-20(13-15)27-14-26-19)22-16-7-9-18(10-8-16)28(24,25)17-3-1-2-4-17/h5-13,17H,1-4,14H2,(H,22,23)/b12-6+. The highest BCUT2D eigenvalue weighted by molar-refractivity contribution is 7.92. The van der Waals surface area contributed by atoms with Crippen LogP contribution in [0.4, 0.5) is 5.69 Å². The Morgan fingerprint density at radius 3 is 2.46 bits per heavy atom. The van der Waals surface area contributed by atoms with Crippen molar-refractivity contribution in [3.63, 3.8) is 0 Å². The number of sulfone groups is 1. The van der Waals surface area contributed by atoms with Crippen LogP contribution in [0.15, 0.2) is 53.4 Å². The minimum atomic E-state index is -3.28. The van der Waals surface area contributed by atoms with Crippen LogP contribution in [0.3, 0.4) is 0 Å². The molecule has 0 bridgehead atoms. The van der Waals surface area contributed by atoms with E-state index in [0.29, 0.717) is 22.1 Å². The van der Waals surface area contributed by atoms with E-state index in [9.17, 15) is 13.2 Å². The third-order valence-electron chi connectivity index (χ3n) is 5.02. The van der Waals surface area contributed by atoms with Gasteiger partial charge in [0.15, 0.2) is 21.3 Å². The summed E-state index contributed by atoms with van der Waals surface area (Å²) in [4.78, 5) is 12.5. The number of rotatable bonds is 5. The number of carbonyl (C=O) groups excluding carboxylic acids is 1. The second-order valence-corrected chi connectivity index (χ2v) is 9.14. The van der Waals surface area contributed by atoms with Crippen LogP contribution in [0.1, 0.15) is 31.2 Å². The summed E-state index contributed by atoms with van der Waals surface area (Å²) >= 11 is 0. The lowest BCUT2D eigenvalue weighted by Gasteiger charge is -2.11. The number of hydrogen-bond acceptors (Lipinski definition) is 5. The Morgan fingerprint density at radius 2 is 1.71 bits per heavy atom. The lowest BCUT2D eigenvalue weighted by Crippen LogP contribution is -2.17. The van der Waals surface area contributed by atoms with Crippen molar-refractivity contribution >= 4 is 27.5 Å². The van der Waals surface area contributed by atoms with Crippen LogP contribution in [-0.4, -0.2) is 26.4 Å². The molecule has 146 valence electrons. The summed E-state index contributed by atoms with van der Waals surface area (Å²) in [6.45, 7) is 0.204. The second kappa shape index (κ2) is 7.67. The van der Waals surface area contributed by atoms with Crippen LogP contribution in [0.5, 0.6) is 11.5 Å². The fourth-order valence-corrected chi connectivity index (χ4v) is 5.35. The molecule has 2 aliphatic rings. The normalized spacial score (nSPS) is 16.6. The quantitative estimate of drug-likeness (QED) is 0.774. The molecule has 7 heteroatoms. The van der Waals surface area contributed by atoms with Gasteiger partial charge in [0, 0.05) is 11.8 Å². The van der Waals surface area contributed by atoms with Gasteiger partial charge in [0.1, 0.15) is 0 Å². The van der Waals surface area contributed by atoms with Crippen LogP contribution in [0.2, 0.25) is 0 Å². The Morgan fingerprint density at radius 1 is 1.00 bits per heavy atom. The Balaban J connectivity index is 1.39. The second-order valence-electron chi connectivity index (χ2n) is 6.91. The highest BCUT2D eigenvalue weighted by Crippen LogP contribution is 2.33. The minimum absolute atomic E-state index is 0.204. The largest absolute Gasteiger partial charge is 0.454 e. The van der Waals surface area contributed by atoms with E-state index in [0.717, 1.165) is 31.2 Å². The zero-order chi connectivity index (χ0) is 19.6. The van der Waals surface area contributed by atoms with E-state index in [1.165, 1.54) is 6.08 Å². The van der Waals surface area contributed by atoms with E-state index < -0.39 is 9.84 Å². The third-order valence-corrected chi connectivity index (χ3v) is 7.29. The number of anilines is 1. The maximum absolute atomic E-state index is 12.6. The summed E-state index contributed by atoms with van der Waals surface area (Å²) in [5.41, 5.74) is 1.36. The summed E-state index contributed by atoms with van der Waals surface area (Å²) in [6, 6.07) is 11.8. The monoisotopic (exact) mass is 399 g/mol. The molecule has 0 aromatic heterocycles. The molecule has 0 radical (unpaired) electrons. The van der Waals surface area contributed by atoms with Crippen molar-refractivity contribution in [1.29, 1.82) is 0 Å². The minimum Gasteiger partial charge on any atom is -0.454 e. The number of amides is 1. The van der Waals surface area contributed by atoms with Crippen LogP contribution < -0.4 is 14.8 Å². The van der Waals surface area contributed by atoms with Crippen molar-refractivity contribution in [1.82, 2.24) is 0 Å². The Bertz CT molecular complexity index is 1010. The zero-order valence-corrected chi connectivity index (χ0v) is 16.1. The highest BCUT2D eigenvalue weighted by Gasteiger charge is 2.30. The van der Waals surface area contributed by atoms with Gasteiger partial charge in [-0.2, -0.15) is 0 Å². The van der Waals surface area contributed by atoms with Crippen LogP contribution in [0.25, 0.3) is 6.08 Å². The van der Waals surface area contributed by atoms with E-state index in [1.807, 2.05) is 6.07 Å². The Hall–Kier alpha value is -2.80. The Labute approximate surface area is 164 Å². The van der Waals surface area contributed by atoms with Gasteiger partial charge < -0.3 is 14.8 Å². The van der Waals surface area contributed by atoms with Gasteiger partial charge in [-0.15, -0.1) is 0 Å². The summed E-state index contributed by atoms with van der Waals surface area (Å²) in [5.74, 6) is 1.04. The van der Waals surface area contributed by atoms with Crippen molar-refractivity contribution in [2.45, 2.75) is 35.8 Å². The van der Waals surface area contributed by atoms with Gasteiger partial charge >= 0.3 is 0 Å². The molecule has 1 aliphatic carbocycles. The van der Waals surface area contributed by atoms with Crippen molar-refractivity contribution in [3.8, 4) is 11.5 Å². The first-order valence-electron chi connectivity index (χ1n) is 9.25. The van der Waals surface area contributed by atoms with Gasteiger partial charge in [0.25, 0.3) is 0 Å². The number of ether oxygens (including phenoxy) is 2. The summed E-state index contributed by atoms with van der Waals surface area (Å²) < 4.78 is 35.7. The summed E-state index contributed by atoms with van der Waals surface area (Å²) in [5, 5.41) is 2.46. The fraction of sp³-hybridized carbons (Fsp3) is 0.286. The molecule has 1 fully saturated rings. The molecular weight excluding hydrogens is 378 g/mol. The third kappa shape index (κ3) is 3.89. The molecule has 1 N–H and O–H groups in total. The summed E-state index contributed by atoms with van der Waals surface area (Å²) in [6.07, 6.45) is 6.48. The highest BCUT2D eigenvalue weighted by atomic mass is 32.2. The first-order chi connectivity index (χ1) is 13.5. The van der Waals surface area contributed by atoms with Crippen molar-refractivity contribution in [2.24, 2.45) is 0 Å². The molecule has 0 atom stereocenters. The van der Waals surface area contributed by atoms with Gasteiger partial charge in [0.05, 0.1) is 10.1 Å². The van der Waals surface area contributed by atoms with E-state index in [1.54, 1.807) is 42.5 Å². The van der Waals surface area contributed by atoms with Crippen molar-refractivity contribution in [3.05, 3.63) is 54.1 Å². The molecule has 6 nitrogen and oxygen atoms in total. The van der Waals surface area contributed by atoms with Crippen molar-refractivity contribution < 1.29 is 22.7 Å². The lowest BCUT2D eigenvalue weighted by molar-refractivity contribution is -0.111. The molecule has 0 spiro atoms. The predicted octanol–water partition coefficient (Wildman–Crippen LogP) is 3.78. The number of fused-ring (bicyclic) bond motifs is 1. The maximum Gasteiger partial charge on any atom is 0.248 e. The van der Waals surface area contributed by atoms with E-state index in [2.05, 4.69) is 5.32 Å². The molecule has 2 aromatic carbocycles. The average molecular weight is 399 g/mol. The molecule has 0 saturated heterocycles. The summed E-state index contributed by atoms with van der Waals surface area (Å²) in [7, 11) is -3.28. The molecule has 4 rings (SSSR count). The Kier molecular flexibility index (Phi) is 5.09. The predicted molar refractivity (Wildman–Crippen MR) is 106 cm³/mol. The molecule has 0 unspecified atom stereocenters. The van der Waals surface area contributed by atoms with Crippen LogP contribution in [0, 0.1) is 0 Å². The maximum atomic E-state index is 12.6. The molecule has 28 heavy (non-hydrogen) atoms. The van der Waals surface area contributed by atoms with Gasteiger partial charge in [-0.05, 0) is 60.9 Å². The smallest absolute Gasteiger partial charge is 0.248 e. The van der Waals surface area contributed by atoms with Gasteiger partial charge in [-0.1, -0.05) is 18.9 Å². The first-order valence-corrected chi connectivity index (χ1v) is 10.8. The number of benzene rings is 2. The van der Waals surface area contributed by atoms with Gasteiger partial charge in [0.2, 0.25) is 12.7 Å². The number of carbonyl (C=O) groups is 1. The molecule has 2 aromatic rings. The molecule has 1 aliphatic heterocycles. The molecular formula is C21H21NO5S. The van der Waals surface area contributed by atoms with Gasteiger partial charge in [-0.3, -0.25) is 4.79 Å². The van der Waals surface area contributed by atoms with Crippen molar-refractivity contribution in [2.75, 3.05) is 12.1 Å². The number of nitrogens with one attached hydrogen (secondary N) is 1. The van der Waals surface area contributed by atoms with Crippen LogP contribution >= 0.6 is 0 Å². The first kappa shape index (κ1) is 18.6. The molecule has 1 saturated carbocycles. The SMILES string of the molecule is O=C(/C=C/c1ccc2c(c1)OCO2)Nc1ccc(S(=O)(=O)C2CCCC2)cc1.